The number of carbonyl (C=O) groups is 9. The lowest BCUT2D eigenvalue weighted by Crippen LogP contribution is -2.60. The van der Waals surface area contributed by atoms with Gasteiger partial charge >= 0.3 is 5.97 Å². The molecule has 3 aromatic carbocycles. The Morgan fingerprint density at radius 1 is 0.747 bits per heavy atom. The summed E-state index contributed by atoms with van der Waals surface area (Å²) >= 11 is 0. The largest absolute Gasteiger partial charge is 0.480 e. The standard InChI is InChI=1S/C53H68N14O10S2/c1-4-5-14-38(61-30(3)68)46(70)66-43-26-78-79-27-44(52(76)77)67-49(73)41(22-34-24-58-37-15-9-8-13-36(34)37)65-47(71)39(16-10-19-57-53(54)55)62-48(72)40(21-31-17-18-32-11-6-7-12-33(32)20-31)64-50(74)42(23-35-25-56-28-59-35)63-45(69)29(2)60-51(43)75/h6-9,11-13,15,17-18,20,24-25,28-29,38-44,58H,4-5,10,14,16,19,21-23,26-27H2,1-3H3,(H,56,59)(H,60,75)(H,61,68)(H,62,72)(H,63,69)(H,64,74)(H,65,71)(H,66,70)(H,67,73)(H,76,77)(H4,54,55,57)/t29-,38+,39+,40-,41+,42+,43+,44+/m1/s1. The first-order valence-corrected chi connectivity index (χ1v) is 28.3. The number of unbranched alkanes of at least 4 members (excludes halogenated alkanes) is 1. The highest BCUT2D eigenvalue weighted by Crippen LogP contribution is 2.25. The van der Waals surface area contributed by atoms with Crippen molar-refractivity contribution in [2.45, 2.75) is 120 Å². The molecule has 2 aromatic heterocycles. The summed E-state index contributed by atoms with van der Waals surface area (Å²) in [5, 5.41) is 34.4. The van der Waals surface area contributed by atoms with Crippen LogP contribution >= 0.6 is 21.6 Å². The number of hydrogen-bond donors (Lipinski definition) is 13. The third-order valence-electron chi connectivity index (χ3n) is 12.9. The summed E-state index contributed by atoms with van der Waals surface area (Å²) in [6, 6.07) is 9.36. The molecule has 1 aliphatic heterocycles. The van der Waals surface area contributed by atoms with Crippen LogP contribution in [-0.4, -0.2) is 146 Å². The highest BCUT2D eigenvalue weighted by molar-refractivity contribution is 8.76. The van der Waals surface area contributed by atoms with Crippen LogP contribution in [0.25, 0.3) is 21.7 Å². The van der Waals surface area contributed by atoms with E-state index < -0.39 is 102 Å². The molecule has 0 bridgehead atoms. The third kappa shape index (κ3) is 18.2. The van der Waals surface area contributed by atoms with Crippen molar-refractivity contribution in [3.05, 3.63) is 102 Å². The maximum absolute atomic E-state index is 14.9. The second-order valence-corrected chi connectivity index (χ2v) is 21.6. The minimum atomic E-state index is -1.55. The van der Waals surface area contributed by atoms with Gasteiger partial charge in [0.25, 0.3) is 0 Å². The van der Waals surface area contributed by atoms with E-state index in [1.807, 2.05) is 61.5 Å². The fourth-order valence-electron chi connectivity index (χ4n) is 8.69. The lowest BCUT2D eigenvalue weighted by molar-refractivity contribution is -0.141. The zero-order chi connectivity index (χ0) is 57.0. The molecule has 6 rings (SSSR count). The van der Waals surface area contributed by atoms with Crippen molar-refractivity contribution < 1.29 is 48.3 Å². The van der Waals surface area contributed by atoms with Crippen molar-refractivity contribution in [1.82, 2.24) is 57.5 Å². The van der Waals surface area contributed by atoms with Crippen molar-refractivity contribution in [2.24, 2.45) is 16.5 Å². The number of carbonyl (C=O) groups excluding carboxylic acids is 8. The van der Waals surface area contributed by atoms with Crippen LogP contribution in [0.2, 0.25) is 0 Å². The molecular formula is C53H68N14O10S2. The van der Waals surface area contributed by atoms with Crippen LogP contribution in [-0.2, 0) is 62.4 Å². The highest BCUT2D eigenvalue weighted by atomic mass is 33.1. The SMILES string of the molecule is CCCC[C@H](NC(C)=O)C(=O)N[C@H]1CSSC[C@@H](C(=O)O)NC(=O)[C@H](Cc2c[nH]c3ccccc23)NC(=O)[C@H](CCCN=C(N)N)NC(=O)[C@@H](Cc2ccc3ccccc3c2)NC(=O)[C@H](Cc2cnc[nH]2)NC(=O)[C@@H](C)NC1=O. The molecule has 5 aromatic rings. The molecule has 0 spiro atoms. The molecule has 1 saturated heterocycles. The van der Waals surface area contributed by atoms with E-state index >= 15 is 0 Å². The number of hydrogen-bond acceptors (Lipinski definition) is 13. The molecule has 24 nitrogen and oxygen atoms in total. The fraction of sp³-hybridized carbons (Fsp3) is 0.415. The smallest absolute Gasteiger partial charge is 0.327 e. The molecule has 1 fully saturated rings. The van der Waals surface area contributed by atoms with Gasteiger partial charge in [0, 0.05) is 73.2 Å². The lowest BCUT2D eigenvalue weighted by atomic mass is 9.99. The molecule has 3 heterocycles. The van der Waals surface area contributed by atoms with Crippen molar-refractivity contribution in [2.75, 3.05) is 18.1 Å². The summed E-state index contributed by atoms with van der Waals surface area (Å²) in [5.41, 5.74) is 13.6. The molecular weight excluding hydrogens is 1060 g/mol. The second-order valence-electron chi connectivity index (χ2n) is 19.1. The zero-order valence-corrected chi connectivity index (χ0v) is 45.6. The number of nitrogens with one attached hydrogen (secondary N) is 10. The summed E-state index contributed by atoms with van der Waals surface area (Å²) < 4.78 is 0. The Hall–Kier alpha value is -8.13. The fourth-order valence-corrected chi connectivity index (χ4v) is 11.0. The van der Waals surface area contributed by atoms with Crippen LogP contribution in [0.3, 0.4) is 0 Å². The number of amides is 8. The minimum absolute atomic E-state index is 0.0476. The third-order valence-corrected chi connectivity index (χ3v) is 15.3. The molecule has 8 atom stereocenters. The van der Waals surface area contributed by atoms with Crippen molar-refractivity contribution in [1.29, 1.82) is 0 Å². The van der Waals surface area contributed by atoms with E-state index in [1.54, 1.807) is 18.3 Å². The van der Waals surface area contributed by atoms with E-state index in [0.717, 1.165) is 43.3 Å². The minimum Gasteiger partial charge on any atom is -0.480 e. The number of carboxylic acid groups (broad SMARTS) is 1. The normalized spacial score (nSPS) is 21.7. The Balaban J connectivity index is 1.40. The summed E-state index contributed by atoms with van der Waals surface area (Å²) in [4.78, 5) is 140. The van der Waals surface area contributed by atoms with Crippen LogP contribution in [0.5, 0.6) is 0 Å². The van der Waals surface area contributed by atoms with Gasteiger partial charge in [0.05, 0.1) is 6.33 Å². The van der Waals surface area contributed by atoms with Gasteiger partial charge in [-0.05, 0) is 54.2 Å². The molecule has 422 valence electrons. The first kappa shape index (κ1) is 60.1. The topological polar surface area (TPSA) is 379 Å². The number of aliphatic imine (C=N–C) groups is 1. The van der Waals surface area contributed by atoms with Gasteiger partial charge in [-0.2, -0.15) is 0 Å². The van der Waals surface area contributed by atoms with Crippen molar-refractivity contribution >= 4 is 102 Å². The monoisotopic (exact) mass is 1120 g/mol. The van der Waals surface area contributed by atoms with Gasteiger partial charge in [-0.15, -0.1) is 0 Å². The van der Waals surface area contributed by atoms with Gasteiger partial charge in [-0.1, -0.05) is 102 Å². The Morgan fingerprint density at radius 2 is 1.39 bits per heavy atom. The number of aromatic amines is 2. The van der Waals surface area contributed by atoms with Gasteiger partial charge < -0.3 is 69.1 Å². The number of aliphatic carboxylic acids is 1. The number of rotatable bonds is 17. The number of benzene rings is 3. The van der Waals surface area contributed by atoms with Gasteiger partial charge in [0.1, 0.15) is 48.3 Å². The lowest BCUT2D eigenvalue weighted by Gasteiger charge is -2.27. The molecule has 0 aliphatic carbocycles. The Morgan fingerprint density at radius 3 is 2.09 bits per heavy atom. The summed E-state index contributed by atoms with van der Waals surface area (Å²) in [6.07, 6.45) is 5.67. The number of aromatic nitrogens is 3. The predicted molar refractivity (Wildman–Crippen MR) is 301 cm³/mol. The number of imidazole rings is 1. The predicted octanol–water partition coefficient (Wildman–Crippen LogP) is 0.714. The number of para-hydroxylation sites is 1. The summed E-state index contributed by atoms with van der Waals surface area (Å²) in [7, 11) is 1.95. The second kappa shape index (κ2) is 29.6. The van der Waals surface area contributed by atoms with E-state index in [4.69, 9.17) is 11.5 Å². The quantitative estimate of drug-likeness (QED) is 0.0264. The van der Waals surface area contributed by atoms with Crippen LogP contribution in [0, 0.1) is 0 Å². The number of fused-ring (bicyclic) bond motifs is 2. The average Bonchev–Trinajstić information content (AvgIpc) is 4.15. The van der Waals surface area contributed by atoms with Crippen LogP contribution in [0.1, 0.15) is 69.7 Å². The summed E-state index contributed by atoms with van der Waals surface area (Å²) in [6.45, 7) is 4.57. The molecule has 0 radical (unpaired) electrons. The van der Waals surface area contributed by atoms with E-state index in [0.29, 0.717) is 29.7 Å². The van der Waals surface area contributed by atoms with Crippen molar-refractivity contribution in [3.63, 3.8) is 0 Å². The van der Waals surface area contributed by atoms with E-state index in [1.165, 1.54) is 26.4 Å². The Kier molecular flexibility index (Phi) is 22.5. The Labute approximate surface area is 463 Å². The van der Waals surface area contributed by atoms with Gasteiger partial charge in [-0.3, -0.25) is 43.3 Å². The molecule has 26 heteroatoms. The maximum Gasteiger partial charge on any atom is 0.327 e. The van der Waals surface area contributed by atoms with E-state index in [9.17, 15) is 48.3 Å². The van der Waals surface area contributed by atoms with Crippen LogP contribution in [0.15, 0.2) is 90.4 Å². The number of guanidine groups is 1. The van der Waals surface area contributed by atoms with Crippen LogP contribution < -0.4 is 54.0 Å². The molecule has 0 unspecified atom stereocenters. The number of nitrogens with two attached hydrogens (primary N) is 2. The van der Waals surface area contributed by atoms with Gasteiger partial charge in [0.2, 0.25) is 47.3 Å². The van der Waals surface area contributed by atoms with Gasteiger partial charge in [0.15, 0.2) is 5.96 Å². The Bertz CT molecular complexity index is 2990. The molecule has 0 saturated carbocycles. The maximum atomic E-state index is 14.9. The molecule has 8 amide bonds. The number of carboxylic acids is 1. The molecule has 15 N–H and O–H groups in total. The average molecular weight is 1130 g/mol. The first-order valence-electron chi connectivity index (χ1n) is 25.8. The van der Waals surface area contributed by atoms with E-state index in [-0.39, 0.29) is 62.5 Å². The van der Waals surface area contributed by atoms with Crippen LogP contribution in [0.4, 0.5) is 0 Å². The summed E-state index contributed by atoms with van der Waals surface area (Å²) in [5.74, 6) is -8.26. The van der Waals surface area contributed by atoms with E-state index in [2.05, 4.69) is 62.5 Å². The number of nitrogens with zero attached hydrogens (tertiary/aromatic N) is 2. The zero-order valence-electron chi connectivity index (χ0n) is 44.0. The van der Waals surface area contributed by atoms with Crippen molar-refractivity contribution in [3.8, 4) is 0 Å². The first-order chi connectivity index (χ1) is 37.9. The molecule has 79 heavy (non-hydrogen) atoms. The number of H-pyrrole nitrogens is 2. The molecule has 1 aliphatic rings. The van der Waals surface area contributed by atoms with Gasteiger partial charge in [-0.25, -0.2) is 9.78 Å². The highest BCUT2D eigenvalue weighted by Gasteiger charge is 2.35.